The Hall–Kier alpha value is -4.41. The van der Waals surface area contributed by atoms with Crippen molar-refractivity contribution in [3.63, 3.8) is 0 Å². The number of hydrogen-bond donors (Lipinski definition) is 2. The highest BCUT2D eigenvalue weighted by molar-refractivity contribution is 6.37. The molecule has 0 unspecified atom stereocenters. The van der Waals surface area contributed by atoms with Gasteiger partial charge in [-0.05, 0) is 69.0 Å². The molecule has 7 nitrogen and oxygen atoms in total. The fourth-order valence-electron chi connectivity index (χ4n) is 4.16. The molecule has 1 aliphatic heterocycles. The lowest BCUT2D eigenvalue weighted by Gasteiger charge is -2.19. The van der Waals surface area contributed by atoms with Gasteiger partial charge in [0, 0.05) is 30.4 Å². The molecule has 182 valence electrons. The Morgan fingerprint density at radius 2 is 1.67 bits per heavy atom. The van der Waals surface area contributed by atoms with E-state index in [0.717, 1.165) is 29.8 Å². The number of nitriles is 1. The summed E-state index contributed by atoms with van der Waals surface area (Å²) in [7, 11) is 5.85. The molecule has 0 aliphatic carbocycles. The molecule has 0 spiro atoms. The van der Waals surface area contributed by atoms with Crippen molar-refractivity contribution in [2.24, 2.45) is 0 Å². The van der Waals surface area contributed by atoms with Crippen LogP contribution in [0.4, 0.5) is 11.4 Å². The SMILES string of the molecule is CN(C)CCCN(C)C(=O)c1ccc(N/C(=C2\C(=O)Nc3cc(C#N)ccc32)c2ccccc2)cc1. The normalized spacial score (nSPS) is 13.6. The largest absolute Gasteiger partial charge is 0.354 e. The van der Waals surface area contributed by atoms with Gasteiger partial charge in [-0.2, -0.15) is 5.26 Å². The minimum absolute atomic E-state index is 0.0284. The Morgan fingerprint density at radius 3 is 2.33 bits per heavy atom. The van der Waals surface area contributed by atoms with Gasteiger partial charge in [-0.1, -0.05) is 36.4 Å². The molecule has 0 aromatic heterocycles. The molecule has 0 radical (unpaired) electrons. The van der Waals surface area contributed by atoms with E-state index in [1.807, 2.05) is 63.6 Å². The molecule has 1 heterocycles. The molecule has 36 heavy (non-hydrogen) atoms. The van der Waals surface area contributed by atoms with Crippen LogP contribution in [0.1, 0.15) is 33.5 Å². The lowest BCUT2D eigenvalue weighted by Crippen LogP contribution is -2.29. The molecule has 0 saturated carbocycles. The minimum Gasteiger partial charge on any atom is -0.354 e. The first-order chi connectivity index (χ1) is 17.4. The standard InChI is InChI=1S/C29H29N5O2/c1-33(2)16-7-17-34(3)29(36)22-11-13-23(14-12-22)31-27(21-8-5-4-6-9-21)26-24-15-10-20(19-30)18-25(24)32-28(26)35/h4-6,8-15,18,31H,7,16-17H2,1-3H3,(H,32,35)/b27-26-. The molecule has 7 heteroatoms. The van der Waals surface area contributed by atoms with Crippen molar-refractivity contribution in [1.82, 2.24) is 9.80 Å². The van der Waals surface area contributed by atoms with Crippen LogP contribution in [0.2, 0.25) is 0 Å². The van der Waals surface area contributed by atoms with Gasteiger partial charge < -0.3 is 20.4 Å². The predicted octanol–water partition coefficient (Wildman–Crippen LogP) is 4.51. The van der Waals surface area contributed by atoms with E-state index < -0.39 is 0 Å². The summed E-state index contributed by atoms with van der Waals surface area (Å²) in [5.41, 5.74) is 5.19. The summed E-state index contributed by atoms with van der Waals surface area (Å²) < 4.78 is 0. The van der Waals surface area contributed by atoms with Crippen molar-refractivity contribution in [2.45, 2.75) is 6.42 Å². The Kier molecular flexibility index (Phi) is 7.47. The quantitative estimate of drug-likeness (QED) is 0.464. The Balaban J connectivity index is 1.62. The van der Waals surface area contributed by atoms with Crippen molar-refractivity contribution in [3.05, 3.63) is 95.1 Å². The van der Waals surface area contributed by atoms with Crippen molar-refractivity contribution in [2.75, 3.05) is 44.9 Å². The van der Waals surface area contributed by atoms with Gasteiger partial charge in [0.1, 0.15) is 0 Å². The van der Waals surface area contributed by atoms with Crippen LogP contribution in [0.25, 0.3) is 11.3 Å². The minimum atomic E-state index is -0.238. The van der Waals surface area contributed by atoms with Crippen LogP contribution in [0, 0.1) is 11.3 Å². The van der Waals surface area contributed by atoms with Crippen LogP contribution in [-0.2, 0) is 4.79 Å². The van der Waals surface area contributed by atoms with E-state index in [1.54, 1.807) is 35.2 Å². The zero-order chi connectivity index (χ0) is 25.7. The van der Waals surface area contributed by atoms with Gasteiger partial charge in [-0.25, -0.2) is 0 Å². The van der Waals surface area contributed by atoms with E-state index >= 15 is 0 Å². The molecule has 3 aromatic rings. The first-order valence-electron chi connectivity index (χ1n) is 11.8. The van der Waals surface area contributed by atoms with E-state index in [1.165, 1.54) is 0 Å². The lowest BCUT2D eigenvalue weighted by molar-refractivity contribution is -0.110. The molecular weight excluding hydrogens is 450 g/mol. The molecular formula is C29H29N5O2. The first-order valence-corrected chi connectivity index (χ1v) is 11.8. The van der Waals surface area contributed by atoms with Crippen LogP contribution in [0.15, 0.2) is 72.8 Å². The number of hydrogen-bond acceptors (Lipinski definition) is 5. The Labute approximate surface area is 211 Å². The number of nitrogens with zero attached hydrogens (tertiary/aromatic N) is 3. The zero-order valence-corrected chi connectivity index (χ0v) is 20.7. The number of nitrogens with one attached hydrogen (secondary N) is 2. The Bertz CT molecular complexity index is 1340. The average molecular weight is 480 g/mol. The number of benzene rings is 3. The van der Waals surface area contributed by atoms with Gasteiger partial charge in [0.15, 0.2) is 0 Å². The van der Waals surface area contributed by atoms with E-state index in [0.29, 0.717) is 34.6 Å². The molecule has 0 fully saturated rings. The molecule has 0 saturated heterocycles. The third-order valence-corrected chi connectivity index (χ3v) is 6.05. The average Bonchev–Trinajstić information content (AvgIpc) is 3.21. The monoisotopic (exact) mass is 479 g/mol. The van der Waals surface area contributed by atoms with Crippen LogP contribution in [0.5, 0.6) is 0 Å². The van der Waals surface area contributed by atoms with Gasteiger partial charge in [-0.3, -0.25) is 9.59 Å². The van der Waals surface area contributed by atoms with E-state index in [9.17, 15) is 14.9 Å². The van der Waals surface area contributed by atoms with Gasteiger partial charge in [0.05, 0.1) is 28.6 Å². The summed E-state index contributed by atoms with van der Waals surface area (Å²) in [5.74, 6) is -0.267. The third-order valence-electron chi connectivity index (χ3n) is 6.05. The van der Waals surface area contributed by atoms with Crippen molar-refractivity contribution < 1.29 is 9.59 Å². The number of fused-ring (bicyclic) bond motifs is 1. The lowest BCUT2D eigenvalue weighted by atomic mass is 9.99. The van der Waals surface area contributed by atoms with E-state index in [-0.39, 0.29) is 11.8 Å². The summed E-state index contributed by atoms with van der Waals surface area (Å²) in [6, 6.07) is 24.2. The number of carbonyl (C=O) groups excluding carboxylic acids is 2. The fourth-order valence-corrected chi connectivity index (χ4v) is 4.16. The smallest absolute Gasteiger partial charge is 0.258 e. The molecule has 0 bridgehead atoms. The Morgan fingerprint density at radius 1 is 0.944 bits per heavy atom. The third kappa shape index (κ3) is 5.45. The molecule has 4 rings (SSSR count). The number of rotatable bonds is 8. The highest BCUT2D eigenvalue weighted by Crippen LogP contribution is 2.38. The maximum absolute atomic E-state index is 13.0. The molecule has 0 atom stereocenters. The summed E-state index contributed by atoms with van der Waals surface area (Å²) in [4.78, 5) is 29.7. The van der Waals surface area contributed by atoms with E-state index in [2.05, 4.69) is 21.6 Å². The second-order valence-corrected chi connectivity index (χ2v) is 9.03. The van der Waals surface area contributed by atoms with Gasteiger partial charge >= 0.3 is 0 Å². The first kappa shape index (κ1) is 24.7. The second-order valence-electron chi connectivity index (χ2n) is 9.03. The molecule has 2 N–H and O–H groups in total. The van der Waals surface area contributed by atoms with Crippen LogP contribution >= 0.6 is 0 Å². The van der Waals surface area contributed by atoms with Gasteiger partial charge in [0.2, 0.25) is 0 Å². The summed E-state index contributed by atoms with van der Waals surface area (Å²) in [5, 5.41) is 15.5. The number of amides is 2. The molecule has 3 aromatic carbocycles. The molecule has 2 amide bonds. The second kappa shape index (κ2) is 10.9. The predicted molar refractivity (Wildman–Crippen MR) is 143 cm³/mol. The molecule has 1 aliphatic rings. The summed E-state index contributed by atoms with van der Waals surface area (Å²) >= 11 is 0. The summed E-state index contributed by atoms with van der Waals surface area (Å²) in [6.07, 6.45) is 0.905. The number of carbonyl (C=O) groups is 2. The van der Waals surface area contributed by atoms with Crippen molar-refractivity contribution >= 4 is 34.5 Å². The highest BCUT2D eigenvalue weighted by Gasteiger charge is 2.28. The maximum atomic E-state index is 13.0. The van der Waals surface area contributed by atoms with Crippen LogP contribution in [-0.4, -0.2) is 55.8 Å². The topological polar surface area (TPSA) is 88.5 Å². The van der Waals surface area contributed by atoms with Crippen molar-refractivity contribution in [1.29, 1.82) is 5.26 Å². The van der Waals surface area contributed by atoms with Crippen LogP contribution < -0.4 is 10.6 Å². The van der Waals surface area contributed by atoms with Crippen molar-refractivity contribution in [3.8, 4) is 6.07 Å². The van der Waals surface area contributed by atoms with E-state index in [4.69, 9.17) is 0 Å². The maximum Gasteiger partial charge on any atom is 0.258 e. The van der Waals surface area contributed by atoms with Crippen LogP contribution in [0.3, 0.4) is 0 Å². The highest BCUT2D eigenvalue weighted by atomic mass is 16.2. The number of anilines is 2. The van der Waals surface area contributed by atoms with Gasteiger partial charge in [0.25, 0.3) is 11.8 Å². The van der Waals surface area contributed by atoms with Gasteiger partial charge in [-0.15, -0.1) is 0 Å². The zero-order valence-electron chi connectivity index (χ0n) is 20.7. The summed E-state index contributed by atoms with van der Waals surface area (Å²) in [6.45, 7) is 1.61. The fraction of sp³-hybridized carbons (Fsp3) is 0.207.